The summed E-state index contributed by atoms with van der Waals surface area (Å²) in [6.07, 6.45) is 1.65. The average Bonchev–Trinajstić information content (AvgIpc) is 3.16. The van der Waals surface area contributed by atoms with Crippen LogP contribution in [-0.4, -0.2) is 25.6 Å². The molecule has 12 heteroatoms. The van der Waals surface area contributed by atoms with Gasteiger partial charge in [-0.15, -0.1) is 10.2 Å². The molecule has 4 aromatic rings. The molecule has 0 aliphatic carbocycles. The Morgan fingerprint density at radius 2 is 2.00 bits per heavy atom. The first-order valence-corrected chi connectivity index (χ1v) is 10.2. The van der Waals surface area contributed by atoms with Crippen LogP contribution in [0.15, 0.2) is 57.8 Å². The van der Waals surface area contributed by atoms with Gasteiger partial charge in [-0.25, -0.2) is 18.6 Å². The zero-order chi connectivity index (χ0) is 21.1. The van der Waals surface area contributed by atoms with E-state index in [1.54, 1.807) is 24.4 Å². The third-order valence-electron chi connectivity index (χ3n) is 3.77. The Kier molecular flexibility index (Phi) is 5.68. The van der Waals surface area contributed by atoms with Gasteiger partial charge in [0.05, 0.1) is 11.4 Å². The van der Waals surface area contributed by atoms with Crippen molar-refractivity contribution in [3.63, 3.8) is 0 Å². The molecule has 0 radical (unpaired) electrons. The van der Waals surface area contributed by atoms with E-state index in [0.29, 0.717) is 27.5 Å². The van der Waals surface area contributed by atoms with Crippen LogP contribution in [-0.2, 0) is 5.75 Å². The Hall–Kier alpha value is -3.38. The molecule has 0 aliphatic heterocycles. The van der Waals surface area contributed by atoms with Crippen molar-refractivity contribution < 1.29 is 13.6 Å². The highest BCUT2D eigenvalue weighted by molar-refractivity contribution is 8.00. The van der Waals surface area contributed by atoms with E-state index in [-0.39, 0.29) is 16.4 Å². The minimum atomic E-state index is -0.891. The van der Waals surface area contributed by atoms with E-state index in [4.69, 9.17) is 0 Å². The number of carbonyl (C=O) groups is 1. The molecule has 0 fully saturated rings. The van der Waals surface area contributed by atoms with Crippen molar-refractivity contribution in [1.29, 1.82) is 0 Å². The van der Waals surface area contributed by atoms with Crippen LogP contribution < -0.4 is 16.2 Å². The van der Waals surface area contributed by atoms with E-state index in [2.05, 4.69) is 25.8 Å². The highest BCUT2D eigenvalue weighted by Gasteiger charge is 2.12. The fourth-order valence-corrected chi connectivity index (χ4v) is 4.11. The zero-order valence-corrected chi connectivity index (χ0v) is 16.6. The third-order valence-corrected chi connectivity index (χ3v) is 5.78. The first-order chi connectivity index (χ1) is 14.5. The third kappa shape index (κ3) is 4.60. The van der Waals surface area contributed by atoms with Gasteiger partial charge in [0.2, 0.25) is 5.13 Å². The fourth-order valence-electron chi connectivity index (χ4n) is 2.47. The van der Waals surface area contributed by atoms with E-state index in [9.17, 15) is 18.4 Å². The Morgan fingerprint density at radius 3 is 2.83 bits per heavy atom. The number of hydrogen-bond donors (Lipinski definition) is 2. The van der Waals surface area contributed by atoms with Gasteiger partial charge in [0.15, 0.2) is 4.34 Å². The molecular formula is C18H12F2N6O2S2. The second kappa shape index (κ2) is 8.55. The topological polar surface area (TPSA) is 101 Å². The number of benzene rings is 1. The maximum absolute atomic E-state index is 13.6. The number of hydrogen-bond acceptors (Lipinski definition) is 7. The maximum Gasteiger partial charge on any atom is 0.325 e. The molecule has 30 heavy (non-hydrogen) atoms. The molecule has 0 unspecified atom stereocenters. The largest absolute Gasteiger partial charge is 0.325 e. The Bertz CT molecular complexity index is 1290. The summed E-state index contributed by atoms with van der Waals surface area (Å²) in [7, 11) is 0. The molecule has 152 valence electrons. The molecule has 0 aliphatic rings. The van der Waals surface area contributed by atoms with Gasteiger partial charge in [-0.2, -0.15) is 0 Å². The number of nitrogens with one attached hydrogen (secondary N) is 2. The minimum absolute atomic E-state index is 0.165. The lowest BCUT2D eigenvalue weighted by Crippen LogP contribution is -2.20. The maximum atomic E-state index is 13.6. The van der Waals surface area contributed by atoms with Crippen LogP contribution in [0.2, 0.25) is 0 Å². The highest BCUT2D eigenvalue weighted by atomic mass is 32.2. The first-order valence-electron chi connectivity index (χ1n) is 8.44. The van der Waals surface area contributed by atoms with Crippen molar-refractivity contribution in [1.82, 2.24) is 19.6 Å². The first kappa shape index (κ1) is 19.9. The molecule has 0 saturated heterocycles. The van der Waals surface area contributed by atoms with Crippen molar-refractivity contribution in [2.24, 2.45) is 0 Å². The molecule has 0 atom stereocenters. The van der Waals surface area contributed by atoms with Crippen LogP contribution >= 0.6 is 23.1 Å². The SMILES string of the molecule is O=C(Nc1nnc(SCc2cc(=O)n3ccccc3n2)s1)Nc1ccc(F)cc1F. The number of pyridine rings is 1. The molecule has 0 saturated carbocycles. The van der Waals surface area contributed by atoms with E-state index in [1.807, 2.05) is 0 Å². The normalized spacial score (nSPS) is 10.9. The lowest BCUT2D eigenvalue weighted by Gasteiger charge is -2.05. The van der Waals surface area contributed by atoms with Crippen LogP contribution in [0.25, 0.3) is 5.65 Å². The van der Waals surface area contributed by atoms with Gasteiger partial charge in [-0.3, -0.25) is 14.5 Å². The summed E-state index contributed by atoms with van der Waals surface area (Å²) in [5, 5.41) is 12.7. The molecule has 0 bridgehead atoms. The quantitative estimate of drug-likeness (QED) is 0.358. The summed E-state index contributed by atoms with van der Waals surface area (Å²) < 4.78 is 28.5. The number of anilines is 2. The number of amides is 2. The molecular weight excluding hydrogens is 434 g/mol. The van der Waals surface area contributed by atoms with Gasteiger partial charge in [0.1, 0.15) is 17.3 Å². The number of nitrogens with zero attached hydrogens (tertiary/aromatic N) is 4. The van der Waals surface area contributed by atoms with Gasteiger partial charge in [0, 0.05) is 24.1 Å². The van der Waals surface area contributed by atoms with Crippen molar-refractivity contribution >= 4 is 45.6 Å². The van der Waals surface area contributed by atoms with Crippen LogP contribution in [0.4, 0.5) is 24.4 Å². The molecule has 3 heterocycles. The fraction of sp³-hybridized carbons (Fsp3) is 0.0556. The molecule has 8 nitrogen and oxygen atoms in total. The molecule has 2 N–H and O–H groups in total. The van der Waals surface area contributed by atoms with Gasteiger partial charge in [-0.05, 0) is 24.3 Å². The lowest BCUT2D eigenvalue weighted by molar-refractivity contribution is 0.262. The van der Waals surface area contributed by atoms with E-state index in [1.165, 1.54) is 22.2 Å². The van der Waals surface area contributed by atoms with Crippen molar-refractivity contribution in [3.8, 4) is 0 Å². The van der Waals surface area contributed by atoms with E-state index < -0.39 is 17.7 Å². The van der Waals surface area contributed by atoms with Crippen LogP contribution in [0.1, 0.15) is 5.69 Å². The van der Waals surface area contributed by atoms with Crippen LogP contribution in [0.5, 0.6) is 0 Å². The number of halogens is 2. The smallest absolute Gasteiger partial charge is 0.305 e. The number of urea groups is 1. The number of carbonyl (C=O) groups excluding carboxylic acids is 1. The Morgan fingerprint density at radius 1 is 1.13 bits per heavy atom. The summed E-state index contributed by atoms with van der Waals surface area (Å²) in [5.74, 6) is -1.24. The zero-order valence-electron chi connectivity index (χ0n) is 15.0. The lowest BCUT2D eigenvalue weighted by atomic mass is 10.3. The highest BCUT2D eigenvalue weighted by Crippen LogP contribution is 2.28. The van der Waals surface area contributed by atoms with Crippen molar-refractivity contribution in [2.45, 2.75) is 10.1 Å². The Balaban J connectivity index is 1.37. The van der Waals surface area contributed by atoms with Gasteiger partial charge >= 0.3 is 6.03 Å². The van der Waals surface area contributed by atoms with Crippen molar-refractivity contribution in [3.05, 3.63) is 76.3 Å². The molecule has 2 amide bonds. The van der Waals surface area contributed by atoms with Gasteiger partial charge < -0.3 is 5.32 Å². The molecule has 1 aromatic carbocycles. The number of rotatable bonds is 5. The van der Waals surface area contributed by atoms with E-state index >= 15 is 0 Å². The number of thioether (sulfide) groups is 1. The van der Waals surface area contributed by atoms with Crippen LogP contribution in [0.3, 0.4) is 0 Å². The monoisotopic (exact) mass is 446 g/mol. The summed E-state index contributed by atoms with van der Waals surface area (Å²) in [5.41, 5.74) is 0.789. The standard InChI is InChI=1S/C18H12F2N6O2S2/c19-10-4-5-13(12(20)7-10)22-16(28)23-17-24-25-18(30-17)29-9-11-8-15(27)26-6-2-1-3-14(26)21-11/h1-8H,9H2,(H2,22,23,24,28). The molecule has 3 aromatic heterocycles. The predicted molar refractivity (Wildman–Crippen MR) is 110 cm³/mol. The molecule has 0 spiro atoms. The summed E-state index contributed by atoms with van der Waals surface area (Å²) in [4.78, 5) is 28.5. The molecule has 4 rings (SSSR count). The second-order valence-electron chi connectivity index (χ2n) is 5.88. The summed E-state index contributed by atoms with van der Waals surface area (Å²) >= 11 is 2.42. The number of fused-ring (bicyclic) bond motifs is 1. The van der Waals surface area contributed by atoms with Gasteiger partial charge in [-0.1, -0.05) is 29.2 Å². The van der Waals surface area contributed by atoms with Crippen molar-refractivity contribution in [2.75, 3.05) is 10.6 Å². The van der Waals surface area contributed by atoms with Crippen LogP contribution in [0, 0.1) is 11.6 Å². The minimum Gasteiger partial charge on any atom is -0.305 e. The van der Waals surface area contributed by atoms with E-state index in [0.717, 1.165) is 23.5 Å². The number of aromatic nitrogens is 4. The summed E-state index contributed by atoms with van der Waals surface area (Å²) in [6.45, 7) is 0. The second-order valence-corrected chi connectivity index (χ2v) is 8.08. The van der Waals surface area contributed by atoms with Gasteiger partial charge in [0.25, 0.3) is 5.56 Å². The summed E-state index contributed by atoms with van der Waals surface area (Å²) in [6, 6.07) is 8.82. The predicted octanol–water partition coefficient (Wildman–Crippen LogP) is 3.76. The average molecular weight is 446 g/mol. The Labute approximate surface area is 176 Å².